The molecular formula is C13H18N6O. The maximum Gasteiger partial charge on any atom is 0.254 e. The molecule has 1 aliphatic rings. The molecule has 7 heteroatoms. The molecule has 1 saturated heterocycles. The summed E-state index contributed by atoms with van der Waals surface area (Å²) >= 11 is 0. The van der Waals surface area contributed by atoms with Crippen LogP contribution >= 0.6 is 0 Å². The topological polar surface area (TPSA) is 66.6 Å². The van der Waals surface area contributed by atoms with Crippen molar-refractivity contribution in [3.63, 3.8) is 0 Å². The fraction of sp³-hybridized carbons (Fsp3) is 0.538. The van der Waals surface area contributed by atoms with Crippen molar-refractivity contribution in [1.82, 2.24) is 24.5 Å². The second kappa shape index (κ2) is 4.73. The predicted octanol–water partition coefficient (Wildman–Crippen LogP) is 0.490. The first-order chi connectivity index (χ1) is 9.58. The number of anilines is 1. The van der Waals surface area contributed by atoms with Gasteiger partial charge in [-0.1, -0.05) is 0 Å². The first-order valence-electron chi connectivity index (χ1n) is 6.73. The molecule has 7 nitrogen and oxygen atoms in total. The number of rotatable bonds is 2. The van der Waals surface area contributed by atoms with Crippen molar-refractivity contribution in [1.29, 1.82) is 0 Å². The molecule has 1 aliphatic heterocycles. The fourth-order valence-corrected chi connectivity index (χ4v) is 2.71. The summed E-state index contributed by atoms with van der Waals surface area (Å²) in [6.45, 7) is 2.78. The lowest BCUT2D eigenvalue weighted by atomic mass is 10.2. The molecular weight excluding hydrogens is 256 g/mol. The smallest absolute Gasteiger partial charge is 0.254 e. The van der Waals surface area contributed by atoms with Crippen LogP contribution in [0.5, 0.6) is 0 Å². The lowest BCUT2D eigenvalue weighted by molar-refractivity contribution is -0.129. The van der Waals surface area contributed by atoms with Gasteiger partial charge < -0.3 is 9.80 Å². The van der Waals surface area contributed by atoms with E-state index >= 15 is 0 Å². The molecule has 1 fully saturated rings. The molecule has 1 amide bonds. The van der Waals surface area contributed by atoms with Gasteiger partial charge in [-0.3, -0.25) is 4.79 Å². The summed E-state index contributed by atoms with van der Waals surface area (Å²) in [5.41, 5.74) is 0.878. The zero-order chi connectivity index (χ0) is 14.3. The molecule has 0 N–H and O–H groups in total. The fourth-order valence-electron chi connectivity index (χ4n) is 2.71. The Balaban J connectivity index is 2.05. The first kappa shape index (κ1) is 12.8. The number of hydrogen-bond donors (Lipinski definition) is 0. The summed E-state index contributed by atoms with van der Waals surface area (Å²) in [7, 11) is 3.59. The van der Waals surface area contributed by atoms with Crippen LogP contribution in [-0.2, 0) is 4.79 Å². The Morgan fingerprint density at radius 1 is 1.45 bits per heavy atom. The average Bonchev–Trinajstić information content (AvgIpc) is 3.04. The number of likely N-dealkylation sites (N-methyl/N-ethyl adjacent to an activating group) is 1. The average molecular weight is 274 g/mol. The lowest BCUT2D eigenvalue weighted by Gasteiger charge is -2.28. The standard InChI is InChI=1S/C13H18N6O/c1-9-7-11(19-13(16-9)14-8-15-19)18-6-4-5-10(18)12(20)17(2)3/h7-8,10H,4-6H2,1-3H3. The van der Waals surface area contributed by atoms with Crippen LogP contribution in [-0.4, -0.2) is 57.1 Å². The maximum atomic E-state index is 12.3. The van der Waals surface area contributed by atoms with Crippen molar-refractivity contribution in [2.24, 2.45) is 0 Å². The summed E-state index contributed by atoms with van der Waals surface area (Å²) < 4.78 is 1.70. The summed E-state index contributed by atoms with van der Waals surface area (Å²) in [5, 5.41) is 4.22. The van der Waals surface area contributed by atoms with Crippen LogP contribution in [0.2, 0.25) is 0 Å². The van der Waals surface area contributed by atoms with Gasteiger partial charge in [-0.05, 0) is 19.8 Å². The number of aromatic nitrogens is 4. The Labute approximate surface area is 117 Å². The number of aryl methyl sites for hydroxylation is 1. The van der Waals surface area contributed by atoms with E-state index < -0.39 is 0 Å². The van der Waals surface area contributed by atoms with Crippen molar-refractivity contribution in [3.8, 4) is 0 Å². The van der Waals surface area contributed by atoms with Gasteiger partial charge in [-0.15, -0.1) is 0 Å². The molecule has 0 aromatic carbocycles. The molecule has 0 spiro atoms. The molecule has 106 valence electrons. The number of nitrogens with zero attached hydrogens (tertiary/aromatic N) is 6. The van der Waals surface area contributed by atoms with Crippen molar-refractivity contribution >= 4 is 17.5 Å². The van der Waals surface area contributed by atoms with Gasteiger partial charge in [0.25, 0.3) is 5.78 Å². The predicted molar refractivity (Wildman–Crippen MR) is 74.6 cm³/mol. The summed E-state index contributed by atoms with van der Waals surface area (Å²) in [6, 6.07) is 1.84. The van der Waals surface area contributed by atoms with E-state index in [-0.39, 0.29) is 11.9 Å². The van der Waals surface area contributed by atoms with Crippen LogP contribution in [0.25, 0.3) is 5.78 Å². The zero-order valence-corrected chi connectivity index (χ0v) is 11.9. The van der Waals surface area contributed by atoms with Crippen molar-refractivity contribution < 1.29 is 4.79 Å². The third-order valence-electron chi connectivity index (χ3n) is 3.63. The van der Waals surface area contributed by atoms with Gasteiger partial charge in [0.1, 0.15) is 18.2 Å². The third kappa shape index (κ3) is 1.99. The van der Waals surface area contributed by atoms with Gasteiger partial charge >= 0.3 is 0 Å². The second-order valence-electron chi connectivity index (χ2n) is 5.31. The molecule has 2 aromatic rings. The van der Waals surface area contributed by atoms with Crippen molar-refractivity contribution in [3.05, 3.63) is 18.1 Å². The van der Waals surface area contributed by atoms with E-state index in [1.54, 1.807) is 23.5 Å². The minimum Gasteiger partial charge on any atom is -0.347 e. The second-order valence-corrected chi connectivity index (χ2v) is 5.31. The first-order valence-corrected chi connectivity index (χ1v) is 6.73. The molecule has 1 unspecified atom stereocenters. The molecule has 20 heavy (non-hydrogen) atoms. The Morgan fingerprint density at radius 2 is 2.25 bits per heavy atom. The number of carbonyl (C=O) groups is 1. The van der Waals surface area contributed by atoms with Crippen LogP contribution in [0.4, 0.5) is 5.82 Å². The van der Waals surface area contributed by atoms with Gasteiger partial charge in [0.2, 0.25) is 5.91 Å². The van der Waals surface area contributed by atoms with Crippen LogP contribution in [0.15, 0.2) is 12.4 Å². The minimum atomic E-state index is -0.126. The highest BCUT2D eigenvalue weighted by Crippen LogP contribution is 2.26. The molecule has 0 saturated carbocycles. The van der Waals surface area contributed by atoms with E-state index in [1.807, 2.05) is 13.0 Å². The quantitative estimate of drug-likeness (QED) is 0.797. The Bertz CT molecular complexity index is 649. The molecule has 3 heterocycles. The van der Waals surface area contributed by atoms with Gasteiger partial charge in [-0.2, -0.15) is 14.6 Å². The van der Waals surface area contributed by atoms with E-state index in [2.05, 4.69) is 20.0 Å². The summed E-state index contributed by atoms with van der Waals surface area (Å²) in [6.07, 6.45) is 3.36. The molecule has 0 bridgehead atoms. The number of amides is 1. The van der Waals surface area contributed by atoms with Crippen LogP contribution < -0.4 is 4.90 Å². The maximum absolute atomic E-state index is 12.3. The number of hydrogen-bond acceptors (Lipinski definition) is 5. The molecule has 3 rings (SSSR count). The van der Waals surface area contributed by atoms with E-state index in [0.717, 1.165) is 30.9 Å². The largest absolute Gasteiger partial charge is 0.347 e. The van der Waals surface area contributed by atoms with E-state index in [1.165, 1.54) is 6.33 Å². The van der Waals surface area contributed by atoms with Gasteiger partial charge in [0, 0.05) is 32.4 Å². The summed E-state index contributed by atoms with van der Waals surface area (Å²) in [5.74, 6) is 1.59. The third-order valence-corrected chi connectivity index (χ3v) is 3.63. The molecule has 1 atom stereocenters. The molecule has 0 radical (unpaired) electrons. The van der Waals surface area contributed by atoms with E-state index in [9.17, 15) is 4.79 Å². The van der Waals surface area contributed by atoms with E-state index in [4.69, 9.17) is 0 Å². The Morgan fingerprint density at radius 3 is 3.00 bits per heavy atom. The minimum absolute atomic E-state index is 0.126. The monoisotopic (exact) mass is 274 g/mol. The van der Waals surface area contributed by atoms with Crippen molar-refractivity contribution in [2.75, 3.05) is 25.5 Å². The van der Waals surface area contributed by atoms with E-state index in [0.29, 0.717) is 5.78 Å². The highest BCUT2D eigenvalue weighted by atomic mass is 16.2. The zero-order valence-electron chi connectivity index (χ0n) is 11.9. The van der Waals surface area contributed by atoms with Gasteiger partial charge in [-0.25, -0.2) is 4.98 Å². The molecule has 2 aromatic heterocycles. The van der Waals surface area contributed by atoms with Crippen LogP contribution in [0.3, 0.4) is 0 Å². The Kier molecular flexibility index (Phi) is 3.04. The van der Waals surface area contributed by atoms with Crippen LogP contribution in [0.1, 0.15) is 18.5 Å². The highest BCUT2D eigenvalue weighted by Gasteiger charge is 2.33. The normalized spacial score (nSPS) is 18.8. The molecule has 0 aliphatic carbocycles. The highest BCUT2D eigenvalue weighted by molar-refractivity contribution is 5.85. The Hall–Kier alpha value is -2.18. The van der Waals surface area contributed by atoms with Crippen molar-refractivity contribution in [2.45, 2.75) is 25.8 Å². The number of carbonyl (C=O) groups excluding carboxylic acids is 1. The SMILES string of the molecule is Cc1cc(N2CCCC2C(=O)N(C)C)n2ncnc2n1. The number of fused-ring (bicyclic) bond motifs is 1. The summed E-state index contributed by atoms with van der Waals surface area (Å²) in [4.78, 5) is 24.5. The van der Waals surface area contributed by atoms with Gasteiger partial charge in [0.05, 0.1) is 0 Å². The lowest BCUT2D eigenvalue weighted by Crippen LogP contribution is -2.43. The van der Waals surface area contributed by atoms with Crippen LogP contribution in [0, 0.1) is 6.92 Å². The van der Waals surface area contributed by atoms with Gasteiger partial charge in [0.15, 0.2) is 0 Å².